The van der Waals surface area contributed by atoms with Gasteiger partial charge in [-0.2, -0.15) is 15.6 Å². The summed E-state index contributed by atoms with van der Waals surface area (Å²) in [6, 6.07) is 5.69. The number of hydrogen-bond acceptors (Lipinski definition) is 5. The molecular weight excluding hydrogens is 303 g/mol. The van der Waals surface area contributed by atoms with E-state index in [0.29, 0.717) is 0 Å². The highest BCUT2D eigenvalue weighted by Crippen LogP contribution is 2.24. The fourth-order valence-corrected chi connectivity index (χ4v) is 1.34. The largest absolute Gasteiger partial charge is 0.382 e. The molecule has 0 spiro atoms. The molecule has 0 fully saturated rings. The Balaban J connectivity index is 3.14. The first-order valence-corrected chi connectivity index (χ1v) is 5.26. The Morgan fingerprint density at radius 3 is 2.67 bits per heavy atom. The van der Waals surface area contributed by atoms with E-state index in [9.17, 15) is 4.39 Å². The maximum absolute atomic E-state index is 13.2. The number of amidine groups is 1. The van der Waals surface area contributed by atoms with E-state index in [1.807, 2.05) is 0 Å². The van der Waals surface area contributed by atoms with Crippen molar-refractivity contribution in [1.29, 1.82) is 15.9 Å². The molecule has 0 atom stereocenters. The van der Waals surface area contributed by atoms with Gasteiger partial charge in [0.05, 0.1) is 15.7 Å². The first-order valence-electron chi connectivity index (χ1n) is 4.47. The van der Waals surface area contributed by atoms with E-state index in [0.717, 1.165) is 6.07 Å². The van der Waals surface area contributed by atoms with E-state index < -0.39 is 11.7 Å². The molecule has 0 heterocycles. The predicted octanol–water partition coefficient (Wildman–Crippen LogP) is 1.69. The third-order valence-electron chi connectivity index (χ3n) is 1.83. The van der Waals surface area contributed by atoms with Gasteiger partial charge < -0.3 is 5.73 Å². The van der Waals surface area contributed by atoms with Crippen LogP contribution in [0, 0.1) is 33.9 Å². The number of halogens is 2. The van der Waals surface area contributed by atoms with E-state index >= 15 is 0 Å². The number of anilines is 1. The highest BCUT2D eigenvalue weighted by molar-refractivity contribution is 9.10. The van der Waals surface area contributed by atoms with Crippen LogP contribution in [-0.4, -0.2) is 11.5 Å². The number of rotatable bonds is 3. The molecule has 90 valence electrons. The summed E-state index contributed by atoms with van der Waals surface area (Å²) >= 11 is 2.96. The van der Waals surface area contributed by atoms with Crippen molar-refractivity contribution in [3.8, 4) is 12.1 Å². The Bertz CT molecular complexity index is 610. The van der Waals surface area contributed by atoms with Crippen LogP contribution in [0.1, 0.15) is 5.56 Å². The second-order valence-electron chi connectivity index (χ2n) is 3.02. The van der Waals surface area contributed by atoms with Gasteiger partial charge in [-0.3, -0.25) is 10.8 Å². The summed E-state index contributed by atoms with van der Waals surface area (Å²) in [5.41, 5.74) is 7.36. The maximum Gasteiger partial charge on any atom is 0.201 e. The summed E-state index contributed by atoms with van der Waals surface area (Å²) < 4.78 is 13.3. The Hall–Kier alpha value is -2.45. The summed E-state index contributed by atoms with van der Waals surface area (Å²) in [7, 11) is 0. The number of hydrogen-bond donors (Lipinski definition) is 3. The van der Waals surface area contributed by atoms with Crippen LogP contribution in [0.25, 0.3) is 0 Å². The fraction of sp³-hybridized carbons (Fsp3) is 0. The van der Waals surface area contributed by atoms with Gasteiger partial charge in [0.25, 0.3) is 0 Å². The molecule has 1 aromatic carbocycles. The monoisotopic (exact) mass is 308 g/mol. The lowest BCUT2D eigenvalue weighted by molar-refractivity contribution is 0.621. The molecule has 0 bridgehead atoms. The molecule has 0 saturated carbocycles. The lowest BCUT2D eigenvalue weighted by atomic mass is 10.2. The number of benzene rings is 1. The number of nitrogens with zero attached hydrogens (tertiary/aromatic N) is 3. The third kappa shape index (κ3) is 3.03. The van der Waals surface area contributed by atoms with E-state index in [2.05, 4.69) is 26.5 Å². The fourth-order valence-electron chi connectivity index (χ4n) is 0.993. The van der Waals surface area contributed by atoms with Crippen molar-refractivity contribution in [3.05, 3.63) is 28.0 Å². The minimum absolute atomic E-state index is 0.0142. The summed E-state index contributed by atoms with van der Waals surface area (Å²) in [5.74, 6) is -1.10. The molecule has 0 aliphatic rings. The Morgan fingerprint density at radius 2 is 2.17 bits per heavy atom. The number of hydrazone groups is 1. The number of nitriles is 2. The average molecular weight is 309 g/mol. The predicted molar refractivity (Wildman–Crippen MR) is 67.4 cm³/mol. The van der Waals surface area contributed by atoms with Crippen LogP contribution >= 0.6 is 15.9 Å². The summed E-state index contributed by atoms with van der Waals surface area (Å²) in [6.07, 6.45) is 0. The summed E-state index contributed by atoms with van der Waals surface area (Å²) in [5, 5.41) is 28.0. The molecule has 0 radical (unpaired) electrons. The van der Waals surface area contributed by atoms with Crippen LogP contribution in [0.3, 0.4) is 0 Å². The SMILES string of the molecule is N#C/C(=N\Nc1cc(Br)c(F)cc1C#N)C(=N)N. The van der Waals surface area contributed by atoms with Crippen LogP contribution in [0.5, 0.6) is 0 Å². The zero-order chi connectivity index (χ0) is 13.7. The third-order valence-corrected chi connectivity index (χ3v) is 2.44. The van der Waals surface area contributed by atoms with Gasteiger partial charge in [-0.15, -0.1) is 0 Å². The number of nitrogens with two attached hydrogens (primary N) is 1. The highest BCUT2D eigenvalue weighted by atomic mass is 79.9. The second kappa shape index (κ2) is 5.75. The van der Waals surface area contributed by atoms with Crippen molar-refractivity contribution in [2.75, 3.05) is 5.43 Å². The van der Waals surface area contributed by atoms with Crippen molar-refractivity contribution in [2.24, 2.45) is 10.8 Å². The zero-order valence-electron chi connectivity index (χ0n) is 8.83. The van der Waals surface area contributed by atoms with Crippen LogP contribution in [0.15, 0.2) is 21.7 Å². The molecule has 0 aromatic heterocycles. The molecule has 0 aliphatic carbocycles. The maximum atomic E-state index is 13.2. The van der Waals surface area contributed by atoms with Gasteiger partial charge in [0.15, 0.2) is 5.84 Å². The standard InChI is InChI=1S/C10H6BrFN6/c11-6-2-8(5(3-13)1-7(6)12)17-18-9(4-14)10(15)16/h1-2,17H,(H3,15,16)/b18-9+. The zero-order valence-corrected chi connectivity index (χ0v) is 10.4. The van der Waals surface area contributed by atoms with Gasteiger partial charge >= 0.3 is 0 Å². The van der Waals surface area contributed by atoms with Crippen LogP contribution < -0.4 is 11.2 Å². The van der Waals surface area contributed by atoms with Crippen molar-refractivity contribution < 1.29 is 4.39 Å². The summed E-state index contributed by atoms with van der Waals surface area (Å²) in [4.78, 5) is 0. The van der Waals surface area contributed by atoms with Gasteiger partial charge in [0.1, 0.15) is 18.0 Å². The lowest BCUT2D eigenvalue weighted by Gasteiger charge is -2.05. The van der Waals surface area contributed by atoms with Crippen molar-refractivity contribution in [2.45, 2.75) is 0 Å². The first kappa shape index (κ1) is 13.6. The van der Waals surface area contributed by atoms with Crippen LogP contribution in [-0.2, 0) is 0 Å². The smallest absolute Gasteiger partial charge is 0.201 e. The minimum Gasteiger partial charge on any atom is -0.382 e. The molecular formula is C10H6BrFN6. The molecule has 8 heteroatoms. The van der Waals surface area contributed by atoms with Crippen LogP contribution in [0.2, 0.25) is 0 Å². The molecule has 4 N–H and O–H groups in total. The second-order valence-corrected chi connectivity index (χ2v) is 3.88. The van der Waals surface area contributed by atoms with Gasteiger partial charge in [-0.05, 0) is 28.1 Å². The van der Waals surface area contributed by atoms with E-state index in [1.54, 1.807) is 12.1 Å². The normalized spacial score (nSPS) is 10.3. The molecule has 1 aromatic rings. The minimum atomic E-state index is -0.590. The Labute approximate surface area is 110 Å². The van der Waals surface area contributed by atoms with E-state index in [4.69, 9.17) is 21.7 Å². The van der Waals surface area contributed by atoms with Gasteiger partial charge in [-0.25, -0.2) is 4.39 Å². The van der Waals surface area contributed by atoms with Gasteiger partial charge in [0.2, 0.25) is 5.71 Å². The molecule has 18 heavy (non-hydrogen) atoms. The van der Waals surface area contributed by atoms with Crippen LogP contribution in [0.4, 0.5) is 10.1 Å². The number of nitrogens with one attached hydrogen (secondary N) is 2. The lowest BCUT2D eigenvalue weighted by Crippen LogP contribution is -2.22. The van der Waals surface area contributed by atoms with Crippen molar-refractivity contribution >= 4 is 33.2 Å². The quantitative estimate of drug-likeness (QED) is 0.446. The Morgan fingerprint density at radius 1 is 1.50 bits per heavy atom. The van der Waals surface area contributed by atoms with Crippen molar-refractivity contribution in [3.63, 3.8) is 0 Å². The molecule has 6 nitrogen and oxygen atoms in total. The van der Waals surface area contributed by atoms with Crippen molar-refractivity contribution in [1.82, 2.24) is 0 Å². The molecule has 0 aliphatic heterocycles. The topological polar surface area (TPSA) is 122 Å². The van der Waals surface area contributed by atoms with Gasteiger partial charge in [0, 0.05) is 0 Å². The van der Waals surface area contributed by atoms with E-state index in [-0.39, 0.29) is 21.4 Å². The first-order chi connectivity index (χ1) is 8.49. The Kier molecular flexibility index (Phi) is 4.35. The molecule has 0 amide bonds. The van der Waals surface area contributed by atoms with Gasteiger partial charge in [-0.1, -0.05) is 0 Å². The van der Waals surface area contributed by atoms with E-state index in [1.165, 1.54) is 6.07 Å². The molecule has 1 rings (SSSR count). The average Bonchev–Trinajstić information content (AvgIpc) is 2.33. The molecule has 0 saturated heterocycles. The molecule has 0 unspecified atom stereocenters. The summed E-state index contributed by atoms with van der Waals surface area (Å²) in [6.45, 7) is 0. The highest BCUT2D eigenvalue weighted by Gasteiger charge is 2.08.